The molecule has 18 heavy (non-hydrogen) atoms. The van der Waals surface area contributed by atoms with Crippen LogP contribution < -0.4 is 5.32 Å². The number of amides is 1. The van der Waals surface area contributed by atoms with Crippen LogP contribution in [0.2, 0.25) is 0 Å². The predicted octanol–water partition coefficient (Wildman–Crippen LogP) is 2.92. The number of carbonyl (C=O) groups excluding carboxylic acids is 1. The maximum absolute atomic E-state index is 12.1. The number of aromatic nitrogens is 1. The fourth-order valence-electron chi connectivity index (χ4n) is 2.26. The molecule has 96 valence electrons. The zero-order valence-electron chi connectivity index (χ0n) is 11.0. The van der Waals surface area contributed by atoms with E-state index < -0.39 is 0 Å². The van der Waals surface area contributed by atoms with Crippen molar-refractivity contribution >= 4 is 5.91 Å². The van der Waals surface area contributed by atoms with Gasteiger partial charge in [-0.25, -0.2) is 0 Å². The molecule has 1 heterocycles. The summed E-state index contributed by atoms with van der Waals surface area (Å²) in [4.78, 5) is 16.5. The van der Waals surface area contributed by atoms with Gasteiger partial charge < -0.3 is 5.32 Å². The minimum atomic E-state index is 0.0259. The van der Waals surface area contributed by atoms with E-state index >= 15 is 0 Å². The van der Waals surface area contributed by atoms with Gasteiger partial charge in [-0.05, 0) is 43.9 Å². The van der Waals surface area contributed by atoms with E-state index in [1.807, 2.05) is 19.1 Å². The first-order chi connectivity index (χ1) is 8.70. The maximum Gasteiger partial charge on any atom is 0.224 e. The van der Waals surface area contributed by atoms with Crippen molar-refractivity contribution in [3.8, 4) is 0 Å². The zero-order chi connectivity index (χ0) is 13.0. The summed E-state index contributed by atoms with van der Waals surface area (Å²) in [5.41, 5.74) is 2.13. The molecule has 0 saturated carbocycles. The third kappa shape index (κ3) is 2.97. The van der Waals surface area contributed by atoms with Gasteiger partial charge in [0.1, 0.15) is 0 Å². The highest BCUT2D eigenvalue weighted by molar-refractivity contribution is 5.79. The highest BCUT2D eigenvalue weighted by Crippen LogP contribution is 2.21. The number of nitrogens with one attached hydrogen (secondary N) is 1. The number of hydrogen-bond donors (Lipinski definition) is 1. The number of hydrogen-bond acceptors (Lipinski definition) is 2. The summed E-state index contributed by atoms with van der Waals surface area (Å²) in [5.74, 6) is 0.263. The van der Waals surface area contributed by atoms with Gasteiger partial charge >= 0.3 is 0 Å². The van der Waals surface area contributed by atoms with E-state index in [4.69, 9.17) is 0 Å². The Balaban J connectivity index is 2.03. The lowest BCUT2D eigenvalue weighted by Gasteiger charge is -2.19. The average molecular weight is 244 g/mol. The molecule has 1 aromatic rings. The Morgan fingerprint density at radius 3 is 2.83 bits per heavy atom. The lowest BCUT2D eigenvalue weighted by Crippen LogP contribution is -2.33. The second kappa shape index (κ2) is 5.80. The van der Waals surface area contributed by atoms with Crippen LogP contribution in [0.15, 0.2) is 30.5 Å². The van der Waals surface area contributed by atoms with E-state index in [-0.39, 0.29) is 17.9 Å². The first-order valence-corrected chi connectivity index (χ1v) is 6.58. The van der Waals surface area contributed by atoms with E-state index in [0.29, 0.717) is 0 Å². The van der Waals surface area contributed by atoms with Crippen molar-refractivity contribution in [2.75, 3.05) is 0 Å². The van der Waals surface area contributed by atoms with Crippen LogP contribution in [0.4, 0.5) is 0 Å². The number of rotatable bonds is 4. The molecule has 1 N–H and O–H groups in total. The Bertz CT molecular complexity index is 446. The minimum Gasteiger partial charge on any atom is -0.347 e. The molecular weight excluding hydrogens is 224 g/mol. The van der Waals surface area contributed by atoms with Crippen molar-refractivity contribution in [2.45, 2.75) is 39.2 Å². The van der Waals surface area contributed by atoms with Gasteiger partial charge in [-0.1, -0.05) is 19.1 Å². The Labute approximate surface area is 108 Å². The molecule has 2 rings (SSSR count). The Hall–Kier alpha value is -1.64. The smallest absolute Gasteiger partial charge is 0.224 e. The van der Waals surface area contributed by atoms with Crippen molar-refractivity contribution in [3.05, 3.63) is 41.7 Å². The van der Waals surface area contributed by atoms with Gasteiger partial charge in [0, 0.05) is 12.1 Å². The molecule has 1 atom stereocenters. The van der Waals surface area contributed by atoms with Crippen LogP contribution in [0.3, 0.4) is 0 Å². The lowest BCUT2D eigenvalue weighted by atomic mass is 10.0. The zero-order valence-corrected chi connectivity index (χ0v) is 11.0. The summed E-state index contributed by atoms with van der Waals surface area (Å²) in [7, 11) is 0. The molecule has 0 unspecified atom stereocenters. The fraction of sp³-hybridized carbons (Fsp3) is 0.467. The van der Waals surface area contributed by atoms with E-state index in [2.05, 4.69) is 29.4 Å². The van der Waals surface area contributed by atoms with Crippen molar-refractivity contribution in [3.63, 3.8) is 0 Å². The molecule has 0 radical (unpaired) electrons. The molecular formula is C15H20N2O. The average Bonchev–Trinajstić information content (AvgIpc) is 2.89. The molecule has 3 nitrogen and oxygen atoms in total. The number of allylic oxidation sites excluding steroid dienone is 2. The molecule has 0 aromatic carbocycles. The van der Waals surface area contributed by atoms with Gasteiger partial charge in [-0.15, -0.1) is 0 Å². The quantitative estimate of drug-likeness (QED) is 0.827. The normalized spacial score (nSPS) is 16.8. The van der Waals surface area contributed by atoms with Crippen LogP contribution in [0.1, 0.15) is 43.5 Å². The summed E-state index contributed by atoms with van der Waals surface area (Å²) in [6.07, 6.45) is 8.55. The molecule has 1 aliphatic rings. The highest BCUT2D eigenvalue weighted by Gasteiger charge is 2.22. The second-order valence-electron chi connectivity index (χ2n) is 4.87. The van der Waals surface area contributed by atoms with Gasteiger partial charge in [-0.3, -0.25) is 9.78 Å². The Morgan fingerprint density at radius 1 is 1.50 bits per heavy atom. The largest absolute Gasteiger partial charge is 0.347 e. The number of carbonyl (C=O) groups is 1. The first kappa shape index (κ1) is 12.8. The standard InChI is InChI=1S/C15H20N2O/c1-3-13(14-10-11(2)8-9-16-14)17-15(18)12-6-4-5-7-12/h4-5,8-10,12-13H,3,6-7H2,1-2H3,(H,17,18)/t13-/m0/s1. The molecule has 0 bridgehead atoms. The summed E-state index contributed by atoms with van der Waals surface area (Å²) < 4.78 is 0. The summed E-state index contributed by atoms with van der Waals surface area (Å²) in [6, 6.07) is 4.04. The van der Waals surface area contributed by atoms with Crippen LogP contribution in [-0.2, 0) is 4.79 Å². The summed E-state index contributed by atoms with van der Waals surface area (Å²) >= 11 is 0. The molecule has 1 amide bonds. The van der Waals surface area contributed by atoms with E-state index in [1.165, 1.54) is 5.56 Å². The van der Waals surface area contributed by atoms with Crippen LogP contribution in [0.5, 0.6) is 0 Å². The van der Waals surface area contributed by atoms with E-state index in [1.54, 1.807) is 6.20 Å². The lowest BCUT2D eigenvalue weighted by molar-refractivity contribution is -0.125. The SMILES string of the molecule is CC[C@H](NC(=O)C1CC=CC1)c1cc(C)ccn1. The van der Waals surface area contributed by atoms with Crippen LogP contribution >= 0.6 is 0 Å². The molecule has 3 heteroatoms. The molecule has 0 fully saturated rings. The molecule has 0 saturated heterocycles. The van der Waals surface area contributed by atoms with Crippen molar-refractivity contribution in [2.24, 2.45) is 5.92 Å². The number of aryl methyl sites for hydroxylation is 1. The fourth-order valence-corrected chi connectivity index (χ4v) is 2.26. The van der Waals surface area contributed by atoms with Crippen molar-refractivity contribution in [1.29, 1.82) is 0 Å². The van der Waals surface area contributed by atoms with E-state index in [9.17, 15) is 4.79 Å². The predicted molar refractivity (Wildman–Crippen MR) is 72.0 cm³/mol. The maximum atomic E-state index is 12.1. The van der Waals surface area contributed by atoms with Crippen LogP contribution in [-0.4, -0.2) is 10.9 Å². The van der Waals surface area contributed by atoms with Gasteiger partial charge in [0.15, 0.2) is 0 Å². The van der Waals surface area contributed by atoms with Gasteiger partial charge in [0.25, 0.3) is 0 Å². The molecule has 1 aromatic heterocycles. The first-order valence-electron chi connectivity index (χ1n) is 6.58. The third-order valence-electron chi connectivity index (χ3n) is 3.40. The van der Waals surface area contributed by atoms with Gasteiger partial charge in [0.05, 0.1) is 11.7 Å². The minimum absolute atomic E-state index is 0.0259. The third-order valence-corrected chi connectivity index (χ3v) is 3.40. The summed E-state index contributed by atoms with van der Waals surface area (Å²) in [6.45, 7) is 4.11. The van der Waals surface area contributed by atoms with Crippen LogP contribution in [0, 0.1) is 12.8 Å². The van der Waals surface area contributed by atoms with Gasteiger partial charge in [-0.2, -0.15) is 0 Å². The van der Waals surface area contributed by atoms with E-state index in [0.717, 1.165) is 25.0 Å². The number of pyridine rings is 1. The second-order valence-corrected chi connectivity index (χ2v) is 4.87. The Kier molecular flexibility index (Phi) is 4.13. The number of nitrogens with zero attached hydrogens (tertiary/aromatic N) is 1. The molecule has 0 aliphatic heterocycles. The van der Waals surface area contributed by atoms with Gasteiger partial charge in [0.2, 0.25) is 5.91 Å². The Morgan fingerprint density at radius 2 is 2.22 bits per heavy atom. The topological polar surface area (TPSA) is 42.0 Å². The summed E-state index contributed by atoms with van der Waals surface area (Å²) in [5, 5.41) is 3.11. The monoisotopic (exact) mass is 244 g/mol. The highest BCUT2D eigenvalue weighted by atomic mass is 16.1. The molecule has 0 spiro atoms. The van der Waals surface area contributed by atoms with Crippen LogP contribution in [0.25, 0.3) is 0 Å². The molecule has 1 aliphatic carbocycles. The van der Waals surface area contributed by atoms with Crippen molar-refractivity contribution in [1.82, 2.24) is 10.3 Å². The van der Waals surface area contributed by atoms with Crippen molar-refractivity contribution < 1.29 is 4.79 Å².